The fraction of sp³-hybridized carbons (Fsp3) is 0.269. The van der Waals surface area contributed by atoms with Gasteiger partial charge in [0.2, 0.25) is 11.8 Å². The van der Waals surface area contributed by atoms with Gasteiger partial charge in [0.1, 0.15) is 5.76 Å². The highest BCUT2D eigenvalue weighted by molar-refractivity contribution is 5.78. The van der Waals surface area contributed by atoms with Crippen molar-refractivity contribution >= 4 is 5.91 Å². The van der Waals surface area contributed by atoms with Gasteiger partial charge < -0.3 is 9.32 Å². The number of aromatic nitrogens is 3. The molecule has 1 amide bonds. The third-order valence-electron chi connectivity index (χ3n) is 5.84. The summed E-state index contributed by atoms with van der Waals surface area (Å²) < 4.78 is 7.77. The Morgan fingerprint density at radius 3 is 2.41 bits per heavy atom. The van der Waals surface area contributed by atoms with Crippen molar-refractivity contribution < 1.29 is 9.21 Å². The van der Waals surface area contributed by atoms with Gasteiger partial charge in [-0.25, -0.2) is 9.67 Å². The zero-order valence-corrected chi connectivity index (χ0v) is 19.2. The third-order valence-corrected chi connectivity index (χ3v) is 5.84. The quantitative estimate of drug-likeness (QED) is 0.435. The molecule has 6 heteroatoms. The Hall–Kier alpha value is -3.67. The number of rotatable bonds is 6. The average Bonchev–Trinajstić information content (AvgIpc) is 3.29. The number of aryl methyl sites for hydroxylation is 3. The first kappa shape index (κ1) is 21.6. The van der Waals surface area contributed by atoms with Gasteiger partial charge in [-0.2, -0.15) is 5.10 Å². The van der Waals surface area contributed by atoms with E-state index in [1.165, 1.54) is 0 Å². The van der Waals surface area contributed by atoms with E-state index in [1.54, 1.807) is 4.90 Å². The highest BCUT2D eigenvalue weighted by atomic mass is 16.4. The fourth-order valence-electron chi connectivity index (χ4n) is 3.84. The largest absolute Gasteiger partial charge is 0.441 e. The van der Waals surface area contributed by atoms with E-state index < -0.39 is 0 Å². The number of hydrogen-bond acceptors (Lipinski definition) is 4. The lowest BCUT2D eigenvalue weighted by Gasteiger charge is -2.17. The van der Waals surface area contributed by atoms with Crippen LogP contribution in [0.25, 0.3) is 17.1 Å². The molecule has 0 bridgehead atoms. The molecule has 0 aliphatic carbocycles. The minimum atomic E-state index is -0.0107. The van der Waals surface area contributed by atoms with Crippen molar-refractivity contribution in [1.29, 1.82) is 0 Å². The molecule has 2 aromatic heterocycles. The smallest absolute Gasteiger partial charge is 0.228 e. The maximum absolute atomic E-state index is 13.0. The summed E-state index contributed by atoms with van der Waals surface area (Å²) in [5.74, 6) is 1.20. The van der Waals surface area contributed by atoms with Crippen molar-refractivity contribution in [2.75, 3.05) is 7.05 Å². The minimum Gasteiger partial charge on any atom is -0.441 e. The van der Waals surface area contributed by atoms with E-state index >= 15 is 0 Å². The number of oxazole rings is 1. The zero-order chi connectivity index (χ0) is 22.8. The monoisotopic (exact) mass is 428 g/mol. The molecule has 4 rings (SSSR count). The Kier molecular flexibility index (Phi) is 5.95. The highest BCUT2D eigenvalue weighted by Crippen LogP contribution is 2.24. The van der Waals surface area contributed by atoms with Gasteiger partial charge >= 0.3 is 0 Å². The van der Waals surface area contributed by atoms with Crippen LogP contribution in [0.4, 0.5) is 0 Å². The van der Waals surface area contributed by atoms with Crippen molar-refractivity contribution in [3.63, 3.8) is 0 Å². The molecule has 164 valence electrons. The molecule has 0 fully saturated rings. The van der Waals surface area contributed by atoms with Crippen LogP contribution < -0.4 is 0 Å². The number of carbonyl (C=O) groups excluding carboxylic acids is 1. The van der Waals surface area contributed by atoms with Gasteiger partial charge in [0.25, 0.3) is 0 Å². The van der Waals surface area contributed by atoms with Crippen LogP contribution in [0.1, 0.15) is 34.0 Å². The number of nitrogens with zero attached hydrogens (tertiary/aromatic N) is 4. The maximum Gasteiger partial charge on any atom is 0.228 e. The number of para-hydroxylation sites is 1. The van der Waals surface area contributed by atoms with Crippen molar-refractivity contribution in [2.45, 2.75) is 40.7 Å². The molecule has 0 saturated carbocycles. The van der Waals surface area contributed by atoms with Crippen molar-refractivity contribution in [1.82, 2.24) is 19.7 Å². The van der Waals surface area contributed by atoms with Crippen LogP contribution in [0.5, 0.6) is 0 Å². The first-order valence-electron chi connectivity index (χ1n) is 10.7. The van der Waals surface area contributed by atoms with Gasteiger partial charge in [-0.1, -0.05) is 36.4 Å². The van der Waals surface area contributed by atoms with E-state index in [0.29, 0.717) is 23.9 Å². The Bertz CT molecular complexity index is 1250. The van der Waals surface area contributed by atoms with Crippen molar-refractivity contribution in [2.24, 2.45) is 0 Å². The van der Waals surface area contributed by atoms with E-state index in [0.717, 1.165) is 33.8 Å². The number of likely N-dealkylation sites (N-methyl/N-ethyl adjacent to an activating group) is 1. The van der Waals surface area contributed by atoms with E-state index in [2.05, 4.69) is 24.0 Å². The second kappa shape index (κ2) is 8.83. The topological polar surface area (TPSA) is 64.2 Å². The van der Waals surface area contributed by atoms with E-state index in [1.807, 2.05) is 75.0 Å². The summed E-state index contributed by atoms with van der Waals surface area (Å²) in [6.07, 6.45) is 0.197. The molecule has 0 aliphatic heterocycles. The molecular weight excluding hydrogens is 400 g/mol. The predicted molar refractivity (Wildman–Crippen MR) is 125 cm³/mol. The number of benzene rings is 2. The minimum absolute atomic E-state index is 0.0107. The summed E-state index contributed by atoms with van der Waals surface area (Å²) in [6.45, 7) is 8.45. The van der Waals surface area contributed by atoms with Gasteiger partial charge in [0.15, 0.2) is 0 Å². The standard InChI is InChI=1S/C26H28N4O2/c1-17-11-9-10-14-24(17)30-19(3)22(18(2)28-30)16-29(5)25(31)15-23-20(4)32-26(27-23)21-12-7-6-8-13-21/h6-14H,15-16H2,1-5H3. The Morgan fingerprint density at radius 2 is 1.69 bits per heavy atom. The maximum atomic E-state index is 13.0. The molecule has 32 heavy (non-hydrogen) atoms. The van der Waals surface area contributed by atoms with E-state index in [4.69, 9.17) is 9.52 Å². The summed E-state index contributed by atoms with van der Waals surface area (Å²) in [5.41, 5.74) is 6.81. The second-order valence-corrected chi connectivity index (χ2v) is 8.16. The molecule has 0 saturated heterocycles. The molecule has 0 N–H and O–H groups in total. The molecular formula is C26H28N4O2. The number of hydrogen-bond donors (Lipinski definition) is 0. The Morgan fingerprint density at radius 1 is 1.00 bits per heavy atom. The summed E-state index contributed by atoms with van der Waals surface area (Å²) in [5, 5.41) is 4.74. The normalized spacial score (nSPS) is 11.0. The average molecular weight is 429 g/mol. The van der Waals surface area contributed by atoms with Crippen LogP contribution in [0, 0.1) is 27.7 Å². The third kappa shape index (κ3) is 4.21. The lowest BCUT2D eigenvalue weighted by atomic mass is 10.1. The molecule has 0 spiro atoms. The molecule has 0 atom stereocenters. The fourth-order valence-corrected chi connectivity index (χ4v) is 3.84. The van der Waals surface area contributed by atoms with Crippen LogP contribution in [-0.2, 0) is 17.8 Å². The van der Waals surface area contributed by atoms with Gasteiger partial charge in [0, 0.05) is 30.4 Å². The molecule has 0 radical (unpaired) electrons. The molecule has 2 heterocycles. The van der Waals surface area contributed by atoms with Gasteiger partial charge in [-0.3, -0.25) is 4.79 Å². The van der Waals surface area contributed by atoms with Crippen molar-refractivity contribution in [3.8, 4) is 17.1 Å². The molecule has 6 nitrogen and oxygen atoms in total. The second-order valence-electron chi connectivity index (χ2n) is 8.16. The SMILES string of the molecule is Cc1ccccc1-n1nc(C)c(CN(C)C(=O)Cc2nc(-c3ccccc3)oc2C)c1C. The van der Waals surface area contributed by atoms with E-state index in [-0.39, 0.29) is 12.3 Å². The van der Waals surface area contributed by atoms with Crippen LogP contribution in [-0.4, -0.2) is 32.6 Å². The van der Waals surface area contributed by atoms with Crippen LogP contribution >= 0.6 is 0 Å². The van der Waals surface area contributed by atoms with Crippen molar-refractivity contribution in [3.05, 3.63) is 88.6 Å². The molecule has 4 aromatic rings. The molecule has 0 aliphatic rings. The lowest BCUT2D eigenvalue weighted by molar-refractivity contribution is -0.129. The molecule has 2 aromatic carbocycles. The van der Waals surface area contributed by atoms with Gasteiger partial charge in [-0.15, -0.1) is 0 Å². The van der Waals surface area contributed by atoms with Gasteiger partial charge in [0.05, 0.1) is 23.5 Å². The Labute approximate surface area is 188 Å². The number of amides is 1. The first-order valence-corrected chi connectivity index (χ1v) is 10.7. The van der Waals surface area contributed by atoms with Crippen LogP contribution in [0.3, 0.4) is 0 Å². The van der Waals surface area contributed by atoms with E-state index in [9.17, 15) is 4.79 Å². The van der Waals surface area contributed by atoms with Gasteiger partial charge in [-0.05, 0) is 51.5 Å². The summed E-state index contributed by atoms with van der Waals surface area (Å²) >= 11 is 0. The zero-order valence-electron chi connectivity index (χ0n) is 19.2. The lowest BCUT2D eigenvalue weighted by Crippen LogP contribution is -2.28. The van der Waals surface area contributed by atoms with Crippen LogP contribution in [0.15, 0.2) is 59.0 Å². The molecule has 0 unspecified atom stereocenters. The Balaban J connectivity index is 1.51. The summed E-state index contributed by atoms with van der Waals surface area (Å²) in [7, 11) is 1.82. The predicted octanol–water partition coefficient (Wildman–Crippen LogP) is 4.96. The summed E-state index contributed by atoms with van der Waals surface area (Å²) in [6, 6.07) is 17.9. The van der Waals surface area contributed by atoms with Crippen LogP contribution in [0.2, 0.25) is 0 Å². The summed E-state index contributed by atoms with van der Waals surface area (Å²) in [4.78, 5) is 19.3. The first-order chi connectivity index (χ1) is 15.3. The highest BCUT2D eigenvalue weighted by Gasteiger charge is 2.20. The number of carbonyl (C=O) groups is 1.